The lowest BCUT2D eigenvalue weighted by atomic mass is 9.78. The average molecular weight is 331 g/mol. The zero-order chi connectivity index (χ0) is 17.0. The summed E-state index contributed by atoms with van der Waals surface area (Å²) in [5.74, 6) is -1.04. The van der Waals surface area contributed by atoms with Gasteiger partial charge >= 0.3 is 0 Å². The van der Waals surface area contributed by atoms with Crippen molar-refractivity contribution in [2.75, 3.05) is 6.54 Å². The lowest BCUT2D eigenvalue weighted by Crippen LogP contribution is -2.40. The molecule has 1 aliphatic carbocycles. The number of hydrogen-bond donors (Lipinski definition) is 1. The van der Waals surface area contributed by atoms with Gasteiger partial charge in [-0.2, -0.15) is 0 Å². The fraction of sp³-hybridized carbons (Fsp3) is 0.389. The molecule has 6 heteroatoms. The van der Waals surface area contributed by atoms with Gasteiger partial charge in [-0.25, -0.2) is 18.7 Å². The molecule has 0 spiro atoms. The van der Waals surface area contributed by atoms with Crippen molar-refractivity contribution in [1.29, 1.82) is 0 Å². The van der Waals surface area contributed by atoms with E-state index in [1.807, 2.05) is 0 Å². The summed E-state index contributed by atoms with van der Waals surface area (Å²) in [6.07, 6.45) is 8.11. The van der Waals surface area contributed by atoms with Gasteiger partial charge in [0.15, 0.2) is 0 Å². The van der Waals surface area contributed by atoms with Crippen molar-refractivity contribution in [2.45, 2.75) is 37.5 Å². The molecule has 1 aliphatic rings. The third-order valence-corrected chi connectivity index (χ3v) is 4.66. The van der Waals surface area contributed by atoms with Crippen molar-refractivity contribution < 1.29 is 13.6 Å². The van der Waals surface area contributed by atoms with E-state index in [2.05, 4.69) is 15.3 Å². The predicted octanol–water partition coefficient (Wildman–Crippen LogP) is 2.93. The van der Waals surface area contributed by atoms with Crippen LogP contribution in [0.15, 0.2) is 36.9 Å². The van der Waals surface area contributed by atoms with Crippen LogP contribution in [0.25, 0.3) is 0 Å². The molecule has 3 rings (SSSR count). The van der Waals surface area contributed by atoms with Crippen LogP contribution in [0.2, 0.25) is 0 Å². The number of carbonyl (C=O) groups excluding carboxylic acids is 1. The fourth-order valence-electron chi connectivity index (χ4n) is 3.43. The Morgan fingerprint density at radius 3 is 2.58 bits per heavy atom. The molecule has 1 fully saturated rings. The first-order chi connectivity index (χ1) is 11.6. The van der Waals surface area contributed by atoms with Gasteiger partial charge in [0.25, 0.3) is 0 Å². The molecule has 1 heterocycles. The number of halogens is 2. The topological polar surface area (TPSA) is 54.9 Å². The van der Waals surface area contributed by atoms with Crippen molar-refractivity contribution in [3.63, 3.8) is 0 Å². The standard InChI is InChI=1S/C18H19F2N3O/c19-14-3-4-16(20)15(8-14)18(5-1-2-6-18)11-23-17(24)7-13-9-21-12-22-10-13/h3-4,8-10,12H,1-2,5-7,11H2,(H,23,24). The Kier molecular flexibility index (Phi) is 4.83. The highest BCUT2D eigenvalue weighted by molar-refractivity contribution is 5.78. The Hall–Kier alpha value is -2.37. The molecule has 126 valence electrons. The normalized spacial score (nSPS) is 16.1. The first-order valence-corrected chi connectivity index (χ1v) is 8.05. The summed E-state index contributed by atoms with van der Waals surface area (Å²) in [5.41, 5.74) is 0.547. The Labute approximate surface area is 139 Å². The molecule has 2 aromatic rings. The smallest absolute Gasteiger partial charge is 0.224 e. The van der Waals surface area contributed by atoms with Crippen LogP contribution in [0.5, 0.6) is 0 Å². The Morgan fingerprint density at radius 2 is 1.88 bits per heavy atom. The van der Waals surface area contributed by atoms with Crippen LogP contribution in [0.3, 0.4) is 0 Å². The second-order valence-corrected chi connectivity index (χ2v) is 6.31. The molecule has 0 bridgehead atoms. The fourth-order valence-corrected chi connectivity index (χ4v) is 3.43. The number of rotatable bonds is 5. The van der Waals surface area contributed by atoms with E-state index in [9.17, 15) is 13.6 Å². The second kappa shape index (κ2) is 7.03. The number of hydrogen-bond acceptors (Lipinski definition) is 3. The maximum Gasteiger partial charge on any atom is 0.224 e. The maximum atomic E-state index is 14.2. The summed E-state index contributed by atoms with van der Waals surface area (Å²) >= 11 is 0. The largest absolute Gasteiger partial charge is 0.355 e. The molecule has 24 heavy (non-hydrogen) atoms. The lowest BCUT2D eigenvalue weighted by Gasteiger charge is -2.30. The van der Waals surface area contributed by atoms with Crippen LogP contribution in [0.4, 0.5) is 8.78 Å². The molecule has 1 N–H and O–H groups in total. The lowest BCUT2D eigenvalue weighted by molar-refractivity contribution is -0.120. The van der Waals surface area contributed by atoms with Gasteiger partial charge in [0.2, 0.25) is 5.91 Å². The summed E-state index contributed by atoms with van der Waals surface area (Å²) in [4.78, 5) is 19.9. The van der Waals surface area contributed by atoms with Gasteiger partial charge in [-0.05, 0) is 42.2 Å². The molecule has 0 saturated heterocycles. The molecule has 1 aromatic carbocycles. The molecular weight excluding hydrogens is 312 g/mol. The molecule has 1 aromatic heterocycles. The van der Waals surface area contributed by atoms with Crippen molar-refractivity contribution in [3.05, 3.63) is 59.7 Å². The minimum absolute atomic E-state index is 0.169. The number of nitrogens with zero attached hydrogens (tertiary/aromatic N) is 2. The van der Waals surface area contributed by atoms with E-state index in [-0.39, 0.29) is 12.3 Å². The van der Waals surface area contributed by atoms with Crippen LogP contribution < -0.4 is 5.32 Å². The zero-order valence-electron chi connectivity index (χ0n) is 13.3. The molecule has 0 radical (unpaired) electrons. The van der Waals surface area contributed by atoms with Gasteiger partial charge in [0.1, 0.15) is 18.0 Å². The van der Waals surface area contributed by atoms with E-state index in [0.29, 0.717) is 17.7 Å². The van der Waals surface area contributed by atoms with Crippen molar-refractivity contribution >= 4 is 5.91 Å². The first-order valence-electron chi connectivity index (χ1n) is 8.05. The van der Waals surface area contributed by atoms with E-state index >= 15 is 0 Å². The van der Waals surface area contributed by atoms with E-state index in [4.69, 9.17) is 0 Å². The molecule has 4 nitrogen and oxygen atoms in total. The number of nitrogens with one attached hydrogen (secondary N) is 1. The third-order valence-electron chi connectivity index (χ3n) is 4.66. The summed E-state index contributed by atoms with van der Waals surface area (Å²) in [6, 6.07) is 3.54. The zero-order valence-corrected chi connectivity index (χ0v) is 13.3. The molecule has 1 saturated carbocycles. The number of carbonyl (C=O) groups is 1. The maximum absolute atomic E-state index is 14.2. The SMILES string of the molecule is O=C(Cc1cncnc1)NCC1(c2cc(F)ccc2F)CCCC1. The van der Waals surface area contributed by atoms with E-state index < -0.39 is 17.0 Å². The first kappa shape index (κ1) is 16.5. The van der Waals surface area contributed by atoms with Crippen molar-refractivity contribution in [1.82, 2.24) is 15.3 Å². The van der Waals surface area contributed by atoms with Gasteiger partial charge in [-0.3, -0.25) is 4.79 Å². The van der Waals surface area contributed by atoms with E-state index in [1.54, 1.807) is 12.4 Å². The molecule has 1 amide bonds. The van der Waals surface area contributed by atoms with Crippen LogP contribution in [-0.2, 0) is 16.6 Å². The Balaban J connectivity index is 1.72. The number of amides is 1. The monoisotopic (exact) mass is 331 g/mol. The predicted molar refractivity (Wildman–Crippen MR) is 85.2 cm³/mol. The second-order valence-electron chi connectivity index (χ2n) is 6.31. The van der Waals surface area contributed by atoms with Crippen LogP contribution >= 0.6 is 0 Å². The van der Waals surface area contributed by atoms with Crippen LogP contribution in [0, 0.1) is 11.6 Å². The average Bonchev–Trinajstić information content (AvgIpc) is 3.06. The molecular formula is C18H19F2N3O. The van der Waals surface area contributed by atoms with Gasteiger partial charge < -0.3 is 5.32 Å². The van der Waals surface area contributed by atoms with Crippen LogP contribution in [0.1, 0.15) is 36.8 Å². The van der Waals surface area contributed by atoms with Crippen molar-refractivity contribution in [3.8, 4) is 0 Å². The highest BCUT2D eigenvalue weighted by atomic mass is 19.1. The minimum atomic E-state index is -0.533. The molecule has 0 atom stereocenters. The van der Waals surface area contributed by atoms with Gasteiger partial charge in [0, 0.05) is 24.4 Å². The number of benzene rings is 1. The van der Waals surface area contributed by atoms with E-state index in [1.165, 1.54) is 12.4 Å². The van der Waals surface area contributed by atoms with Gasteiger partial charge in [0.05, 0.1) is 6.42 Å². The summed E-state index contributed by atoms with van der Waals surface area (Å²) in [6.45, 7) is 0.305. The van der Waals surface area contributed by atoms with Crippen LogP contribution in [-0.4, -0.2) is 22.4 Å². The van der Waals surface area contributed by atoms with Gasteiger partial charge in [-0.15, -0.1) is 0 Å². The summed E-state index contributed by atoms with van der Waals surface area (Å²) in [7, 11) is 0. The van der Waals surface area contributed by atoms with Gasteiger partial charge in [-0.1, -0.05) is 12.8 Å². The minimum Gasteiger partial charge on any atom is -0.355 e. The summed E-state index contributed by atoms with van der Waals surface area (Å²) < 4.78 is 27.8. The third kappa shape index (κ3) is 3.58. The van der Waals surface area contributed by atoms with E-state index in [0.717, 1.165) is 37.8 Å². The highest BCUT2D eigenvalue weighted by Gasteiger charge is 2.38. The molecule has 0 aliphatic heterocycles. The quantitative estimate of drug-likeness (QED) is 0.916. The Morgan fingerprint density at radius 1 is 1.17 bits per heavy atom. The van der Waals surface area contributed by atoms with Crippen molar-refractivity contribution in [2.24, 2.45) is 0 Å². The summed E-state index contributed by atoms with van der Waals surface area (Å²) in [5, 5.41) is 2.88. The number of aromatic nitrogens is 2. The highest BCUT2D eigenvalue weighted by Crippen LogP contribution is 2.41. The molecule has 0 unspecified atom stereocenters. The Bertz CT molecular complexity index is 715.